The fourth-order valence-corrected chi connectivity index (χ4v) is 3.14. The van der Waals surface area contributed by atoms with Crippen LogP contribution in [0.1, 0.15) is 50.7 Å². The number of hydrogen-bond donors (Lipinski definition) is 2. The van der Waals surface area contributed by atoms with Crippen LogP contribution >= 0.6 is 15.9 Å². The van der Waals surface area contributed by atoms with Crippen molar-refractivity contribution in [2.24, 2.45) is 0 Å². The molecule has 1 aromatic carbocycles. The third-order valence-electron chi connectivity index (χ3n) is 3.52. The van der Waals surface area contributed by atoms with Crippen LogP contribution in [-0.2, 0) is 20.9 Å². The van der Waals surface area contributed by atoms with Gasteiger partial charge in [-0.2, -0.15) is 0 Å². The van der Waals surface area contributed by atoms with Gasteiger partial charge in [0.25, 0.3) is 0 Å². The summed E-state index contributed by atoms with van der Waals surface area (Å²) in [5.41, 5.74) is 1.17. The molecule has 1 atom stereocenters. The van der Waals surface area contributed by atoms with E-state index in [0.717, 1.165) is 15.6 Å². The maximum Gasteiger partial charge on any atom is 0.407 e. The summed E-state index contributed by atoms with van der Waals surface area (Å²) in [6.07, 6.45) is 0.358. The average molecular weight is 397 g/mol. The van der Waals surface area contributed by atoms with Gasteiger partial charge in [-0.15, -0.1) is 0 Å². The topological polar surface area (TPSA) is 84.5 Å². The molecule has 0 saturated carbocycles. The van der Waals surface area contributed by atoms with Crippen LogP contribution in [0.4, 0.5) is 4.79 Å². The van der Waals surface area contributed by atoms with Gasteiger partial charge in [0, 0.05) is 17.4 Å². The maximum atomic E-state index is 12.0. The first kappa shape index (κ1) is 18.4. The molecule has 1 unspecified atom stereocenters. The summed E-state index contributed by atoms with van der Waals surface area (Å²) >= 11 is 3.47. The molecule has 6 nitrogen and oxygen atoms in total. The Labute approximate surface area is 149 Å². The Balaban J connectivity index is 2.01. The predicted molar refractivity (Wildman–Crippen MR) is 92.3 cm³/mol. The number of amides is 3. The summed E-state index contributed by atoms with van der Waals surface area (Å²) in [5.74, 6) is -0.845. The van der Waals surface area contributed by atoms with Gasteiger partial charge in [-0.3, -0.25) is 14.9 Å². The van der Waals surface area contributed by atoms with E-state index in [2.05, 4.69) is 26.6 Å². The number of hydrogen-bond acceptors (Lipinski definition) is 4. The van der Waals surface area contributed by atoms with Crippen LogP contribution in [0.5, 0.6) is 0 Å². The largest absolute Gasteiger partial charge is 0.444 e. The van der Waals surface area contributed by atoms with Crippen molar-refractivity contribution in [2.75, 3.05) is 0 Å². The van der Waals surface area contributed by atoms with Gasteiger partial charge in [0.2, 0.25) is 11.8 Å². The minimum atomic E-state index is -0.541. The quantitative estimate of drug-likeness (QED) is 0.769. The standard InChI is InChI=1S/C17H21BrN2O4/c1-17(2,3)24-16(23)19-9-10-4-5-11(13(18)8-10)12-6-7-14(21)20-15(12)22/h4-5,8,12H,6-7,9H2,1-3H3,(H,19,23)(H,20,21,22). The van der Waals surface area contributed by atoms with Crippen LogP contribution < -0.4 is 10.6 Å². The lowest BCUT2D eigenvalue weighted by Gasteiger charge is -2.22. The Morgan fingerprint density at radius 3 is 2.67 bits per heavy atom. The highest BCUT2D eigenvalue weighted by Crippen LogP contribution is 2.31. The van der Waals surface area contributed by atoms with E-state index in [1.54, 1.807) is 20.8 Å². The molecule has 1 aliphatic heterocycles. The molecule has 1 aliphatic rings. The van der Waals surface area contributed by atoms with Gasteiger partial charge in [0.15, 0.2) is 0 Å². The van der Waals surface area contributed by atoms with Crippen molar-refractivity contribution < 1.29 is 19.1 Å². The zero-order valence-electron chi connectivity index (χ0n) is 13.9. The minimum Gasteiger partial charge on any atom is -0.444 e. The van der Waals surface area contributed by atoms with Crippen molar-refractivity contribution in [1.29, 1.82) is 0 Å². The number of nitrogens with one attached hydrogen (secondary N) is 2. The molecule has 1 heterocycles. The number of halogens is 1. The third-order valence-corrected chi connectivity index (χ3v) is 4.20. The van der Waals surface area contributed by atoms with E-state index in [-0.39, 0.29) is 17.7 Å². The Bertz CT molecular complexity index is 667. The van der Waals surface area contributed by atoms with E-state index in [4.69, 9.17) is 4.74 Å². The summed E-state index contributed by atoms with van der Waals surface area (Å²) in [6.45, 7) is 5.73. The van der Waals surface area contributed by atoms with Gasteiger partial charge in [0.1, 0.15) is 5.60 Å². The van der Waals surface area contributed by atoms with Gasteiger partial charge < -0.3 is 10.1 Å². The second-order valence-corrected chi connectivity index (χ2v) is 7.57. The van der Waals surface area contributed by atoms with Crippen LogP contribution in [0.3, 0.4) is 0 Å². The number of imide groups is 1. The molecule has 2 rings (SSSR count). The summed E-state index contributed by atoms with van der Waals surface area (Å²) in [4.78, 5) is 34.9. The first-order valence-electron chi connectivity index (χ1n) is 7.74. The Kier molecular flexibility index (Phi) is 5.64. The highest BCUT2D eigenvalue weighted by molar-refractivity contribution is 9.10. The Hall–Kier alpha value is -1.89. The number of carbonyl (C=O) groups is 3. The Morgan fingerprint density at radius 1 is 1.38 bits per heavy atom. The second kappa shape index (κ2) is 7.34. The maximum absolute atomic E-state index is 12.0. The third kappa shape index (κ3) is 5.06. The number of carbonyl (C=O) groups excluding carboxylic acids is 3. The minimum absolute atomic E-state index is 0.231. The van der Waals surface area contributed by atoms with Crippen molar-refractivity contribution in [3.63, 3.8) is 0 Å². The predicted octanol–water partition coefficient (Wildman–Crippen LogP) is 2.99. The van der Waals surface area contributed by atoms with Crippen LogP contribution in [0, 0.1) is 0 Å². The monoisotopic (exact) mass is 396 g/mol. The normalized spacial score (nSPS) is 18.1. The first-order chi connectivity index (χ1) is 11.2. The van der Waals surface area contributed by atoms with E-state index in [0.29, 0.717) is 19.4 Å². The molecule has 0 spiro atoms. The summed E-state index contributed by atoms with van der Waals surface area (Å²) in [6, 6.07) is 5.55. The van der Waals surface area contributed by atoms with Gasteiger partial charge in [-0.25, -0.2) is 4.79 Å². The molecular formula is C17H21BrN2O4. The average Bonchev–Trinajstić information content (AvgIpc) is 2.44. The van der Waals surface area contributed by atoms with Gasteiger partial charge in [0.05, 0.1) is 5.92 Å². The molecule has 130 valence electrons. The van der Waals surface area contributed by atoms with E-state index >= 15 is 0 Å². The molecule has 7 heteroatoms. The van der Waals surface area contributed by atoms with Crippen molar-refractivity contribution in [2.45, 2.75) is 51.7 Å². The van der Waals surface area contributed by atoms with Crippen molar-refractivity contribution in [3.05, 3.63) is 33.8 Å². The molecule has 0 bridgehead atoms. The fourth-order valence-electron chi connectivity index (χ4n) is 2.44. The zero-order valence-corrected chi connectivity index (χ0v) is 15.5. The highest BCUT2D eigenvalue weighted by atomic mass is 79.9. The molecule has 2 N–H and O–H groups in total. The first-order valence-corrected chi connectivity index (χ1v) is 8.54. The van der Waals surface area contributed by atoms with Crippen LogP contribution in [0.25, 0.3) is 0 Å². The van der Waals surface area contributed by atoms with Crippen LogP contribution in [0.15, 0.2) is 22.7 Å². The molecule has 0 aliphatic carbocycles. The number of ether oxygens (including phenoxy) is 1. The second-order valence-electron chi connectivity index (χ2n) is 6.71. The number of rotatable bonds is 3. The number of alkyl carbamates (subject to hydrolysis) is 1. The summed E-state index contributed by atoms with van der Waals surface area (Å²) in [7, 11) is 0. The fraction of sp³-hybridized carbons (Fsp3) is 0.471. The molecule has 1 aromatic rings. The molecule has 0 radical (unpaired) electrons. The van der Waals surface area contributed by atoms with E-state index in [1.165, 1.54) is 0 Å². The van der Waals surface area contributed by atoms with Gasteiger partial charge >= 0.3 is 6.09 Å². The van der Waals surface area contributed by atoms with E-state index in [9.17, 15) is 14.4 Å². The molecule has 3 amide bonds. The van der Waals surface area contributed by atoms with E-state index < -0.39 is 11.7 Å². The van der Waals surface area contributed by atoms with Crippen LogP contribution in [-0.4, -0.2) is 23.5 Å². The lowest BCUT2D eigenvalue weighted by Crippen LogP contribution is -2.39. The lowest BCUT2D eigenvalue weighted by molar-refractivity contribution is -0.134. The van der Waals surface area contributed by atoms with E-state index in [1.807, 2.05) is 18.2 Å². The van der Waals surface area contributed by atoms with Gasteiger partial charge in [-0.05, 0) is 44.4 Å². The van der Waals surface area contributed by atoms with Crippen molar-refractivity contribution in [3.8, 4) is 0 Å². The van der Waals surface area contributed by atoms with Crippen LogP contribution in [0.2, 0.25) is 0 Å². The molecule has 1 saturated heterocycles. The molecule has 1 fully saturated rings. The zero-order chi connectivity index (χ0) is 17.9. The SMILES string of the molecule is CC(C)(C)OC(=O)NCc1ccc(C2CCC(=O)NC2=O)c(Br)c1. The lowest BCUT2D eigenvalue weighted by atomic mass is 9.90. The summed E-state index contributed by atoms with van der Waals surface area (Å²) in [5, 5.41) is 5.05. The number of benzene rings is 1. The summed E-state index contributed by atoms with van der Waals surface area (Å²) < 4.78 is 5.96. The molecular weight excluding hydrogens is 376 g/mol. The molecule has 24 heavy (non-hydrogen) atoms. The Morgan fingerprint density at radius 2 is 2.08 bits per heavy atom. The van der Waals surface area contributed by atoms with Crippen molar-refractivity contribution in [1.82, 2.24) is 10.6 Å². The molecule has 0 aromatic heterocycles. The van der Waals surface area contributed by atoms with Gasteiger partial charge in [-0.1, -0.05) is 28.1 Å². The number of piperidine rings is 1. The smallest absolute Gasteiger partial charge is 0.407 e. The highest BCUT2D eigenvalue weighted by Gasteiger charge is 2.29. The van der Waals surface area contributed by atoms with Crippen molar-refractivity contribution >= 4 is 33.8 Å².